The third kappa shape index (κ3) is 5.52. The number of halogens is 1. The van der Waals surface area contributed by atoms with Gasteiger partial charge in [-0.1, -0.05) is 13.8 Å². The molecule has 0 saturated carbocycles. The zero-order valence-corrected chi connectivity index (χ0v) is 22.5. The number of carbonyl (C=O) groups excluding carboxylic acids is 1. The first kappa shape index (κ1) is 25.0. The lowest BCUT2D eigenvalue weighted by molar-refractivity contribution is 0.0945. The number of anilines is 1. The highest BCUT2D eigenvalue weighted by atomic mass is 79.9. The highest BCUT2D eigenvalue weighted by Crippen LogP contribution is 2.31. The van der Waals surface area contributed by atoms with Crippen LogP contribution in [-0.2, 0) is 0 Å². The molecule has 1 amide bonds. The fourth-order valence-electron chi connectivity index (χ4n) is 4.70. The fourth-order valence-corrected chi connectivity index (χ4v) is 4.93. The Balaban J connectivity index is 1.19. The van der Waals surface area contributed by atoms with Gasteiger partial charge in [-0.3, -0.25) is 4.79 Å². The summed E-state index contributed by atoms with van der Waals surface area (Å²) in [5.41, 5.74) is 4.29. The lowest BCUT2D eigenvalue weighted by Gasteiger charge is -2.32. The Morgan fingerprint density at radius 3 is 2.59 bits per heavy atom. The van der Waals surface area contributed by atoms with E-state index in [1.807, 2.05) is 36.5 Å². The second-order valence-corrected chi connectivity index (χ2v) is 10.7. The topological polar surface area (TPSA) is 95.0 Å². The summed E-state index contributed by atoms with van der Waals surface area (Å²) < 4.78 is 7.06. The molecule has 5 rings (SSSR count). The van der Waals surface area contributed by atoms with Crippen molar-refractivity contribution in [1.82, 2.24) is 15.3 Å². The molecule has 1 fully saturated rings. The average molecular weight is 558 g/mol. The maximum Gasteiger partial charge on any atom is 0.251 e. The number of piperidine rings is 1. The van der Waals surface area contributed by atoms with Gasteiger partial charge in [-0.15, -0.1) is 0 Å². The van der Waals surface area contributed by atoms with Gasteiger partial charge in [0.05, 0.1) is 11.6 Å². The number of carbonyl (C=O) groups is 1. The minimum Gasteiger partial charge on any atom is -0.436 e. The summed E-state index contributed by atoms with van der Waals surface area (Å²) in [6.07, 6.45) is 3.85. The van der Waals surface area contributed by atoms with Crippen LogP contribution in [0.2, 0.25) is 0 Å². The van der Waals surface area contributed by atoms with Crippen LogP contribution in [0.5, 0.6) is 0 Å². The van der Waals surface area contributed by atoms with Crippen LogP contribution in [0, 0.1) is 17.2 Å². The third-order valence-electron chi connectivity index (χ3n) is 6.87. The number of oxazole rings is 1. The van der Waals surface area contributed by atoms with Crippen LogP contribution in [0.15, 0.2) is 63.6 Å². The number of hydrogen-bond donors (Lipinski definition) is 1. The van der Waals surface area contributed by atoms with E-state index < -0.39 is 0 Å². The molecule has 0 spiro atoms. The van der Waals surface area contributed by atoms with E-state index >= 15 is 0 Å². The van der Waals surface area contributed by atoms with E-state index in [-0.39, 0.29) is 11.8 Å². The monoisotopic (exact) mass is 557 g/mol. The maximum absolute atomic E-state index is 12.8. The van der Waals surface area contributed by atoms with Gasteiger partial charge in [0.1, 0.15) is 11.3 Å². The largest absolute Gasteiger partial charge is 0.436 e. The molecule has 1 aliphatic heterocycles. The van der Waals surface area contributed by atoms with Crippen LogP contribution in [0.1, 0.15) is 54.1 Å². The van der Waals surface area contributed by atoms with Gasteiger partial charge in [-0.05, 0) is 89.1 Å². The lowest BCUT2D eigenvalue weighted by atomic mass is 9.96. The highest BCUT2D eigenvalue weighted by molar-refractivity contribution is 9.10. The second-order valence-electron chi connectivity index (χ2n) is 9.75. The molecule has 4 aromatic rings. The summed E-state index contributed by atoms with van der Waals surface area (Å²) in [6, 6.07) is 17.1. The first-order valence-electron chi connectivity index (χ1n) is 12.5. The average Bonchev–Trinajstić information content (AvgIpc) is 3.36. The Morgan fingerprint density at radius 1 is 1.19 bits per heavy atom. The minimum atomic E-state index is -0.0816. The Kier molecular flexibility index (Phi) is 7.24. The molecule has 2 aromatic carbocycles. The van der Waals surface area contributed by atoms with Gasteiger partial charge in [-0.25, -0.2) is 9.97 Å². The third-order valence-corrected chi connectivity index (χ3v) is 7.33. The van der Waals surface area contributed by atoms with Crippen molar-refractivity contribution in [2.24, 2.45) is 5.92 Å². The molecule has 1 aliphatic rings. The Morgan fingerprint density at radius 2 is 1.95 bits per heavy atom. The lowest BCUT2D eigenvalue weighted by Crippen LogP contribution is -2.39. The molecule has 188 valence electrons. The summed E-state index contributed by atoms with van der Waals surface area (Å²) in [4.78, 5) is 24.2. The standard InChI is InChI=1S/C29H28BrN5O2/c1-18(2)24-13-20(15-31)14-25-27(24)37-29(34-25)22-5-3-21(4-6-22)28(36)33-16-19-9-11-35(12-10-19)26-8-7-23(30)17-32-26/h3-8,13-14,17-19H,9-12,16H2,1-2H3,(H,33,36). The van der Waals surface area contributed by atoms with Crippen LogP contribution in [0.25, 0.3) is 22.6 Å². The molecule has 37 heavy (non-hydrogen) atoms. The van der Waals surface area contributed by atoms with Crippen molar-refractivity contribution >= 4 is 38.8 Å². The zero-order valence-electron chi connectivity index (χ0n) is 20.9. The molecular weight excluding hydrogens is 530 g/mol. The maximum atomic E-state index is 12.8. The van der Waals surface area contributed by atoms with E-state index in [1.165, 1.54) is 0 Å². The van der Waals surface area contributed by atoms with Gasteiger partial charge in [-0.2, -0.15) is 5.26 Å². The number of nitrogens with zero attached hydrogens (tertiary/aromatic N) is 4. The molecule has 7 nitrogen and oxygen atoms in total. The van der Waals surface area contributed by atoms with Crippen molar-refractivity contribution in [2.45, 2.75) is 32.6 Å². The van der Waals surface area contributed by atoms with Gasteiger partial charge >= 0.3 is 0 Å². The Labute approximate surface area is 224 Å². The summed E-state index contributed by atoms with van der Waals surface area (Å²) in [5.74, 6) is 2.04. The van der Waals surface area contributed by atoms with Gasteiger partial charge in [0.25, 0.3) is 5.91 Å². The van der Waals surface area contributed by atoms with E-state index in [1.54, 1.807) is 18.2 Å². The van der Waals surface area contributed by atoms with Crippen LogP contribution in [-0.4, -0.2) is 35.5 Å². The van der Waals surface area contributed by atoms with Gasteiger partial charge < -0.3 is 14.6 Å². The predicted molar refractivity (Wildman–Crippen MR) is 147 cm³/mol. The number of rotatable bonds is 6. The van der Waals surface area contributed by atoms with Crippen molar-refractivity contribution in [3.05, 3.63) is 75.9 Å². The summed E-state index contributed by atoms with van der Waals surface area (Å²) >= 11 is 3.43. The number of hydrogen-bond acceptors (Lipinski definition) is 6. The van der Waals surface area contributed by atoms with Crippen LogP contribution >= 0.6 is 15.9 Å². The van der Waals surface area contributed by atoms with Crippen molar-refractivity contribution in [3.8, 4) is 17.5 Å². The molecule has 2 aromatic heterocycles. The summed E-state index contributed by atoms with van der Waals surface area (Å²) in [6.45, 7) is 6.65. The number of aromatic nitrogens is 2. The molecule has 0 unspecified atom stereocenters. The van der Waals surface area contributed by atoms with E-state index in [9.17, 15) is 10.1 Å². The normalized spacial score (nSPS) is 14.2. The molecule has 0 atom stereocenters. The number of amides is 1. The molecule has 8 heteroatoms. The molecular formula is C29H28BrN5O2. The number of nitriles is 1. The van der Waals surface area contributed by atoms with Crippen LogP contribution in [0.3, 0.4) is 0 Å². The Bertz CT molecular complexity index is 1450. The quantitative estimate of drug-likeness (QED) is 0.299. The van der Waals surface area contributed by atoms with E-state index in [2.05, 4.69) is 56.0 Å². The number of fused-ring (bicyclic) bond motifs is 1. The molecule has 1 saturated heterocycles. The Hall–Kier alpha value is -3.70. The van der Waals surface area contributed by atoms with E-state index in [4.69, 9.17) is 4.42 Å². The molecule has 0 aliphatic carbocycles. The molecule has 3 heterocycles. The molecule has 0 radical (unpaired) electrons. The van der Waals surface area contributed by atoms with Crippen LogP contribution < -0.4 is 10.2 Å². The van der Waals surface area contributed by atoms with Crippen molar-refractivity contribution in [3.63, 3.8) is 0 Å². The highest BCUT2D eigenvalue weighted by Gasteiger charge is 2.21. The smallest absolute Gasteiger partial charge is 0.251 e. The minimum absolute atomic E-state index is 0.0816. The zero-order chi connectivity index (χ0) is 25.9. The molecule has 1 N–H and O–H groups in total. The van der Waals surface area contributed by atoms with Crippen LogP contribution in [0.4, 0.5) is 5.82 Å². The van der Waals surface area contributed by atoms with E-state index in [0.29, 0.717) is 40.6 Å². The number of benzene rings is 2. The van der Waals surface area contributed by atoms with Gasteiger partial charge in [0, 0.05) is 47.0 Å². The van der Waals surface area contributed by atoms with Gasteiger partial charge in [0.15, 0.2) is 5.58 Å². The second kappa shape index (κ2) is 10.7. The molecule has 0 bridgehead atoms. The van der Waals surface area contributed by atoms with Gasteiger partial charge in [0.2, 0.25) is 5.89 Å². The number of pyridine rings is 1. The predicted octanol–water partition coefficient (Wildman–Crippen LogP) is 6.29. The SMILES string of the molecule is CC(C)c1cc(C#N)cc2nc(-c3ccc(C(=O)NCC4CCN(c5ccc(Br)cn5)CC4)cc3)oc12. The number of nitrogens with one attached hydrogen (secondary N) is 1. The van der Waals surface area contributed by atoms with Crippen molar-refractivity contribution in [2.75, 3.05) is 24.5 Å². The first-order valence-corrected chi connectivity index (χ1v) is 13.3. The summed E-state index contributed by atoms with van der Waals surface area (Å²) in [7, 11) is 0. The van der Waals surface area contributed by atoms with E-state index in [0.717, 1.165) is 47.3 Å². The first-order chi connectivity index (χ1) is 17.9. The fraction of sp³-hybridized carbons (Fsp3) is 0.310. The van der Waals surface area contributed by atoms with Crippen molar-refractivity contribution < 1.29 is 9.21 Å². The van der Waals surface area contributed by atoms with Crippen molar-refractivity contribution in [1.29, 1.82) is 5.26 Å². The summed E-state index contributed by atoms with van der Waals surface area (Å²) in [5, 5.41) is 12.4.